The monoisotopic (exact) mass is 338 g/mol. The fourth-order valence-corrected chi connectivity index (χ4v) is 2.48. The molecular formula is C17H22N6O. The molecule has 2 aromatic heterocycles. The van der Waals surface area contributed by atoms with Crippen molar-refractivity contribution in [3.05, 3.63) is 29.5 Å². The van der Waals surface area contributed by atoms with Crippen LogP contribution in [0.15, 0.2) is 12.3 Å². The van der Waals surface area contributed by atoms with Crippen LogP contribution in [0.4, 0.5) is 5.82 Å². The quantitative estimate of drug-likeness (QED) is 0.867. The van der Waals surface area contributed by atoms with E-state index in [1.807, 2.05) is 0 Å². The molecule has 0 unspecified atom stereocenters. The number of hydrogen-bond donors (Lipinski definition) is 1. The van der Waals surface area contributed by atoms with E-state index in [2.05, 4.69) is 19.8 Å². The fraction of sp³-hybridized carbons (Fsp3) is 0.529. The van der Waals surface area contributed by atoms with Crippen molar-refractivity contribution in [2.75, 3.05) is 31.5 Å². The fourth-order valence-electron chi connectivity index (χ4n) is 2.48. The van der Waals surface area contributed by atoms with Gasteiger partial charge < -0.3 is 19.6 Å². The summed E-state index contributed by atoms with van der Waals surface area (Å²) in [5, 5.41) is -0.237. The molecule has 3 heterocycles. The third-order valence-corrected chi connectivity index (χ3v) is 3.64. The second-order valence-corrected chi connectivity index (χ2v) is 5.21. The van der Waals surface area contributed by atoms with Crippen LogP contribution in [0.1, 0.15) is 35.4 Å². The smallest absolute Gasteiger partial charge is 0.302 e. The standard InChI is InChI=1S/C17H22N6O/c1-11-5-6-23(15(24)8-18-3)9-14(11)22(4)17-13-7-12(2)21-16(13)19-10-20-17/h7,10-11,14H,5-6,8-9H2,1-2,4H3,(H,19,20,21)/t11-,14+/m1/s1/i1D3,4D3,7D,8D2,10D,11D,14D. The molecule has 7 heteroatoms. The SMILES string of the molecule is [2H]c1nc(N(C([2H])([2H])[2H])[C@@]2([2H])CN(C(=O)C([2H])([2H])[N+]#[C-])CC[C@@]2([2H])C([2H])([2H])[2H])c2c([2H])c(C)[nH]c2n1. The van der Waals surface area contributed by atoms with Gasteiger partial charge in [0.15, 0.2) is 0 Å². The van der Waals surface area contributed by atoms with Crippen molar-refractivity contribution in [1.82, 2.24) is 19.9 Å². The van der Waals surface area contributed by atoms with Crippen molar-refractivity contribution < 1.29 is 21.2 Å². The number of amides is 1. The van der Waals surface area contributed by atoms with E-state index in [0.29, 0.717) is 4.90 Å². The number of aryl methyl sites for hydroxylation is 1. The second-order valence-electron chi connectivity index (χ2n) is 5.21. The van der Waals surface area contributed by atoms with Crippen LogP contribution in [-0.2, 0) is 4.79 Å². The Bertz CT molecular complexity index is 1250. The number of hydrogen-bond acceptors (Lipinski definition) is 4. The second kappa shape index (κ2) is 6.48. The summed E-state index contributed by atoms with van der Waals surface area (Å²) in [5.41, 5.74) is 0.0947. The number of nitrogens with one attached hydrogen (secondary N) is 1. The van der Waals surface area contributed by atoms with Crippen molar-refractivity contribution >= 4 is 22.8 Å². The number of carbonyl (C=O) groups excluding carboxylic acids is 1. The highest BCUT2D eigenvalue weighted by molar-refractivity contribution is 5.88. The van der Waals surface area contributed by atoms with Gasteiger partial charge in [0.1, 0.15) is 21.9 Å². The predicted octanol–water partition coefficient (Wildman–Crippen LogP) is 1.86. The van der Waals surface area contributed by atoms with Crippen LogP contribution in [0.25, 0.3) is 15.9 Å². The lowest BCUT2D eigenvalue weighted by molar-refractivity contribution is -0.130. The minimum absolute atomic E-state index is 0.122. The molecule has 7 nitrogen and oxygen atoms in total. The Morgan fingerprint density at radius 2 is 2.62 bits per heavy atom. The first-order valence-corrected chi connectivity index (χ1v) is 7.03. The first-order chi connectivity index (χ1) is 16.2. The molecule has 1 saturated heterocycles. The Labute approximate surface area is 158 Å². The van der Waals surface area contributed by atoms with Crippen LogP contribution in [0, 0.1) is 19.4 Å². The Hall–Kier alpha value is -2.62. The van der Waals surface area contributed by atoms with Crippen molar-refractivity contribution in [2.24, 2.45) is 5.89 Å². The lowest BCUT2D eigenvalue weighted by Crippen LogP contribution is -2.53. The number of anilines is 1. The molecule has 1 amide bonds. The normalized spacial score (nSPS) is 35.9. The molecule has 3 rings (SSSR count). The average Bonchev–Trinajstić information content (AvgIpc) is 3.01. The summed E-state index contributed by atoms with van der Waals surface area (Å²) < 4.78 is 98.1. The van der Waals surface area contributed by atoms with Gasteiger partial charge in [-0.05, 0) is 25.3 Å². The number of likely N-dealkylation sites (tertiary alicyclic amines) is 1. The highest BCUT2D eigenvalue weighted by atomic mass is 16.2. The highest BCUT2D eigenvalue weighted by Crippen LogP contribution is 2.29. The first kappa shape index (κ1) is 7.09. The van der Waals surface area contributed by atoms with Crippen molar-refractivity contribution in [1.29, 1.82) is 0 Å². The first-order valence-electron chi connectivity index (χ1n) is 13.0. The molecule has 126 valence electrons. The summed E-state index contributed by atoms with van der Waals surface area (Å²) in [6.45, 7) is -2.90. The minimum Gasteiger partial charge on any atom is -0.354 e. The average molecular weight is 338 g/mol. The Kier molecular flexibility index (Phi) is 1.91. The van der Waals surface area contributed by atoms with Gasteiger partial charge in [-0.25, -0.2) is 16.5 Å². The minimum atomic E-state index is -3.38. The van der Waals surface area contributed by atoms with Gasteiger partial charge in [-0.3, -0.25) is 4.79 Å². The topological polar surface area (TPSA) is 69.5 Å². The van der Waals surface area contributed by atoms with Crippen LogP contribution in [0.3, 0.4) is 0 Å². The number of likely N-dealkylation sites (N-methyl/N-ethyl adjacent to an activating group) is 1. The van der Waals surface area contributed by atoms with Crippen LogP contribution in [0.5, 0.6) is 0 Å². The summed E-state index contributed by atoms with van der Waals surface area (Å²) in [7, 11) is 0. The molecule has 1 fully saturated rings. The number of rotatable bonds is 3. The molecule has 2 aromatic rings. The molecule has 0 saturated carbocycles. The third-order valence-electron chi connectivity index (χ3n) is 3.64. The number of nitrogens with zero attached hydrogens (tertiary/aromatic N) is 5. The van der Waals surface area contributed by atoms with Gasteiger partial charge in [0.05, 0.1) is 14.1 Å². The van der Waals surface area contributed by atoms with Crippen LogP contribution < -0.4 is 4.90 Å². The lowest BCUT2D eigenvalue weighted by Gasteiger charge is -2.41. The predicted molar refractivity (Wildman–Crippen MR) is 92.6 cm³/mol. The maximum atomic E-state index is 12.7. The maximum absolute atomic E-state index is 12.7. The Morgan fingerprint density at radius 1 is 1.75 bits per heavy atom. The Balaban J connectivity index is 2.38. The van der Waals surface area contributed by atoms with Crippen LogP contribution in [-0.4, -0.2) is 58.3 Å². The van der Waals surface area contributed by atoms with E-state index in [4.69, 9.17) is 21.7 Å². The zero-order chi connectivity index (χ0) is 27.6. The number of H-pyrrole nitrogens is 1. The summed E-state index contributed by atoms with van der Waals surface area (Å²) in [6.07, 6.45) is -1.48. The van der Waals surface area contributed by atoms with Gasteiger partial charge in [0.2, 0.25) is 0 Å². The molecule has 0 aliphatic carbocycles. The molecule has 1 N–H and O–H groups in total. The van der Waals surface area contributed by atoms with E-state index in [-0.39, 0.29) is 27.7 Å². The molecule has 1 aliphatic rings. The van der Waals surface area contributed by atoms with Crippen molar-refractivity contribution in [3.63, 3.8) is 0 Å². The molecular weight excluding hydrogens is 304 g/mol. The number of piperidine rings is 1. The molecule has 2 atom stereocenters. The van der Waals surface area contributed by atoms with Gasteiger partial charge in [0, 0.05) is 35.4 Å². The molecule has 0 radical (unpaired) electrons. The van der Waals surface area contributed by atoms with Crippen LogP contribution in [0.2, 0.25) is 0 Å². The van der Waals surface area contributed by atoms with E-state index in [9.17, 15) is 6.17 Å². The summed E-state index contributed by atoms with van der Waals surface area (Å²) in [4.78, 5) is 26.6. The zero-order valence-electron chi connectivity index (χ0n) is 24.8. The van der Waals surface area contributed by atoms with E-state index >= 15 is 0 Å². The van der Waals surface area contributed by atoms with Gasteiger partial charge in [-0.2, -0.15) is 0 Å². The maximum Gasteiger partial charge on any atom is 0.302 e. The lowest BCUT2D eigenvalue weighted by atomic mass is 9.92. The molecule has 0 bridgehead atoms. The third kappa shape index (κ3) is 2.92. The van der Waals surface area contributed by atoms with Gasteiger partial charge >= 0.3 is 5.91 Å². The van der Waals surface area contributed by atoms with Crippen molar-refractivity contribution in [3.8, 4) is 0 Å². The summed E-state index contributed by atoms with van der Waals surface area (Å²) in [5.74, 6) is -4.96. The van der Waals surface area contributed by atoms with E-state index in [1.165, 1.54) is 6.92 Å². The van der Waals surface area contributed by atoms with Crippen LogP contribution >= 0.6 is 0 Å². The van der Waals surface area contributed by atoms with Gasteiger partial charge in [-0.15, -0.1) is 0 Å². The van der Waals surface area contributed by atoms with Gasteiger partial charge in [-0.1, -0.05) is 6.85 Å². The van der Waals surface area contributed by atoms with E-state index in [1.54, 1.807) is 0 Å². The zero-order valence-corrected chi connectivity index (χ0v) is 12.8. The number of aromatic amines is 1. The highest BCUT2D eigenvalue weighted by Gasteiger charge is 2.33. The van der Waals surface area contributed by atoms with E-state index in [0.717, 1.165) is 0 Å². The molecule has 0 spiro atoms. The Morgan fingerprint density at radius 3 is 3.38 bits per heavy atom. The number of aromatic nitrogens is 3. The van der Waals surface area contributed by atoms with E-state index < -0.39 is 69.8 Å². The summed E-state index contributed by atoms with van der Waals surface area (Å²) >= 11 is 0. The van der Waals surface area contributed by atoms with Crippen molar-refractivity contribution in [2.45, 2.75) is 26.2 Å². The van der Waals surface area contributed by atoms with Gasteiger partial charge in [0.25, 0.3) is 6.50 Å². The molecule has 0 aromatic carbocycles. The molecule has 24 heavy (non-hydrogen) atoms. The molecule has 1 aliphatic heterocycles. The summed E-state index contributed by atoms with van der Waals surface area (Å²) in [6, 6.07) is -3.31. The number of carbonyl (C=O) groups is 1. The number of fused-ring (bicyclic) bond motifs is 1. The largest absolute Gasteiger partial charge is 0.354 e.